The number of hydrogen-bond donors (Lipinski definition) is 5. The SMILES string of the molecule is COP(=O)(OC)C(O)[C@H](CC1CCCCC1)NC(=O)[C@H](CCc1cnc[nH]1)NC(=O)[C@H](Cc1ccccc1)NC(=O)N1CCOCC1. The van der Waals surface area contributed by atoms with Crippen molar-refractivity contribution in [1.82, 2.24) is 30.8 Å². The Morgan fingerprint density at radius 2 is 1.70 bits per heavy atom. The number of aromatic nitrogens is 2. The average Bonchev–Trinajstić information content (AvgIpc) is 3.63. The van der Waals surface area contributed by atoms with E-state index in [-0.39, 0.29) is 18.8 Å². The number of morpholine rings is 1. The molecule has 1 saturated heterocycles. The number of hydrogen-bond acceptors (Lipinski definition) is 9. The van der Waals surface area contributed by atoms with E-state index in [1.165, 1.54) is 20.5 Å². The van der Waals surface area contributed by atoms with Crippen LogP contribution in [0.2, 0.25) is 0 Å². The van der Waals surface area contributed by atoms with E-state index in [1.807, 2.05) is 30.3 Å². The summed E-state index contributed by atoms with van der Waals surface area (Å²) in [4.78, 5) is 49.8. The molecule has 14 nitrogen and oxygen atoms in total. The van der Waals surface area contributed by atoms with Crippen molar-refractivity contribution < 1.29 is 37.8 Å². The molecule has 0 radical (unpaired) electrons. The second-order valence-electron chi connectivity index (χ2n) is 12.1. The maximum atomic E-state index is 14.0. The number of imidazole rings is 1. The number of amides is 4. The molecule has 2 aliphatic rings. The van der Waals surface area contributed by atoms with Gasteiger partial charge in [0.1, 0.15) is 12.1 Å². The van der Waals surface area contributed by atoms with Crippen LogP contribution in [0.4, 0.5) is 4.79 Å². The normalized spacial score (nSPS) is 18.5. The number of aliphatic hydroxyl groups excluding tert-OH is 1. The molecule has 260 valence electrons. The molecule has 1 unspecified atom stereocenters. The van der Waals surface area contributed by atoms with Crippen molar-refractivity contribution in [2.45, 2.75) is 81.8 Å². The molecule has 15 heteroatoms. The fourth-order valence-electron chi connectivity index (χ4n) is 6.16. The zero-order valence-electron chi connectivity index (χ0n) is 27.3. The minimum absolute atomic E-state index is 0.188. The van der Waals surface area contributed by atoms with Crippen LogP contribution in [-0.2, 0) is 40.8 Å². The van der Waals surface area contributed by atoms with Gasteiger partial charge in [0.25, 0.3) is 0 Å². The van der Waals surface area contributed by atoms with Crippen molar-refractivity contribution in [3.8, 4) is 0 Å². The molecule has 0 bridgehead atoms. The lowest BCUT2D eigenvalue weighted by molar-refractivity contribution is -0.130. The van der Waals surface area contributed by atoms with Crippen LogP contribution in [-0.4, -0.2) is 102 Å². The van der Waals surface area contributed by atoms with Gasteiger partial charge < -0.3 is 44.7 Å². The number of nitrogens with zero attached hydrogens (tertiary/aromatic N) is 2. The molecule has 4 rings (SSSR count). The Morgan fingerprint density at radius 1 is 1.02 bits per heavy atom. The summed E-state index contributed by atoms with van der Waals surface area (Å²) in [6.45, 7) is 1.62. The number of carbonyl (C=O) groups excluding carboxylic acids is 3. The van der Waals surface area contributed by atoms with E-state index in [0.717, 1.165) is 43.4 Å². The predicted molar refractivity (Wildman–Crippen MR) is 174 cm³/mol. The summed E-state index contributed by atoms with van der Waals surface area (Å²) in [7, 11) is -1.58. The molecular weight excluding hydrogens is 627 g/mol. The van der Waals surface area contributed by atoms with Gasteiger partial charge in [-0.3, -0.25) is 14.2 Å². The van der Waals surface area contributed by atoms with Crippen molar-refractivity contribution in [1.29, 1.82) is 0 Å². The van der Waals surface area contributed by atoms with E-state index in [2.05, 4.69) is 25.9 Å². The van der Waals surface area contributed by atoms with Gasteiger partial charge in [-0.05, 0) is 30.7 Å². The Morgan fingerprint density at radius 3 is 2.34 bits per heavy atom. The standard InChI is InChI=1S/C32H49N6O8P/c1-44-47(43,45-2)31(41)28(20-24-11-7-4-8-12-24)36-29(39)26(14-13-25-21-33-22-34-25)35-30(40)27(19-23-9-5-3-6-10-23)37-32(42)38-15-17-46-18-16-38/h3,5-6,9-10,21-22,24,26-28,31,41H,4,7-8,11-20H2,1-2H3,(H,33,34)(H,35,40)(H,36,39)(H,37,42)/t26-,27-,28-,31?/m0/s1. The monoisotopic (exact) mass is 676 g/mol. The third kappa shape index (κ3) is 10.9. The molecule has 1 aliphatic carbocycles. The first kappa shape index (κ1) is 36.5. The molecule has 4 amide bonds. The number of ether oxygens (including phenoxy) is 1. The highest BCUT2D eigenvalue weighted by Gasteiger charge is 2.41. The van der Waals surface area contributed by atoms with Crippen molar-refractivity contribution in [2.24, 2.45) is 5.92 Å². The van der Waals surface area contributed by atoms with E-state index >= 15 is 0 Å². The summed E-state index contributed by atoms with van der Waals surface area (Å²) in [6, 6.07) is 5.91. The smallest absolute Gasteiger partial charge is 0.360 e. The first-order valence-corrected chi connectivity index (χ1v) is 18.0. The second kappa shape index (κ2) is 18.3. The van der Waals surface area contributed by atoms with Gasteiger partial charge in [0.2, 0.25) is 11.8 Å². The quantitative estimate of drug-likeness (QED) is 0.167. The minimum Gasteiger partial charge on any atom is -0.379 e. The highest BCUT2D eigenvalue weighted by Crippen LogP contribution is 2.52. The van der Waals surface area contributed by atoms with Gasteiger partial charge in [0.05, 0.1) is 25.6 Å². The number of aromatic amines is 1. The molecule has 1 saturated carbocycles. The first-order valence-electron chi connectivity index (χ1n) is 16.4. The van der Waals surface area contributed by atoms with Gasteiger partial charge in [-0.25, -0.2) is 9.78 Å². The maximum Gasteiger partial charge on any atom is 0.360 e. The van der Waals surface area contributed by atoms with Gasteiger partial charge in [-0.15, -0.1) is 0 Å². The zero-order valence-corrected chi connectivity index (χ0v) is 28.2. The third-order valence-corrected chi connectivity index (χ3v) is 10.9. The van der Waals surface area contributed by atoms with E-state index in [0.29, 0.717) is 39.1 Å². The Kier molecular flexibility index (Phi) is 14.2. The lowest BCUT2D eigenvalue weighted by Gasteiger charge is -2.33. The van der Waals surface area contributed by atoms with Crippen LogP contribution in [0.1, 0.15) is 56.2 Å². The van der Waals surface area contributed by atoms with E-state index in [1.54, 1.807) is 11.1 Å². The molecule has 2 fully saturated rings. The number of urea groups is 1. The zero-order chi connectivity index (χ0) is 33.6. The Hall–Kier alpha value is -3.29. The molecule has 4 atom stereocenters. The molecule has 1 aliphatic heterocycles. The summed E-state index contributed by atoms with van der Waals surface area (Å²) < 4.78 is 28.8. The third-order valence-electron chi connectivity index (χ3n) is 8.92. The molecule has 1 aromatic carbocycles. The van der Waals surface area contributed by atoms with Crippen LogP contribution in [0.25, 0.3) is 0 Å². The number of aliphatic hydroxyl groups is 1. The van der Waals surface area contributed by atoms with Crippen LogP contribution in [0.5, 0.6) is 0 Å². The van der Waals surface area contributed by atoms with Gasteiger partial charge in [-0.1, -0.05) is 62.4 Å². The van der Waals surface area contributed by atoms with Crippen LogP contribution in [0.15, 0.2) is 42.9 Å². The number of benzene rings is 1. The van der Waals surface area contributed by atoms with E-state index < -0.39 is 49.4 Å². The van der Waals surface area contributed by atoms with Gasteiger partial charge in [0.15, 0.2) is 5.85 Å². The maximum absolute atomic E-state index is 14.0. The van der Waals surface area contributed by atoms with Gasteiger partial charge >= 0.3 is 13.6 Å². The first-order chi connectivity index (χ1) is 22.7. The van der Waals surface area contributed by atoms with Crippen LogP contribution < -0.4 is 16.0 Å². The molecule has 1 aromatic heterocycles. The second-order valence-corrected chi connectivity index (χ2v) is 14.5. The predicted octanol–water partition coefficient (Wildman–Crippen LogP) is 2.74. The van der Waals surface area contributed by atoms with E-state index in [4.69, 9.17) is 13.8 Å². The largest absolute Gasteiger partial charge is 0.379 e. The lowest BCUT2D eigenvalue weighted by atomic mass is 9.85. The van der Waals surface area contributed by atoms with E-state index in [9.17, 15) is 24.1 Å². The minimum atomic E-state index is -3.97. The summed E-state index contributed by atoms with van der Waals surface area (Å²) >= 11 is 0. The fourth-order valence-corrected chi connectivity index (χ4v) is 7.38. The number of aryl methyl sites for hydroxylation is 1. The molecule has 5 N–H and O–H groups in total. The molecule has 2 heterocycles. The number of rotatable bonds is 16. The topological polar surface area (TPSA) is 184 Å². The Labute approximate surface area is 276 Å². The molecular formula is C32H49N6O8P. The van der Waals surface area contributed by atoms with Crippen LogP contribution in [0, 0.1) is 5.92 Å². The lowest BCUT2D eigenvalue weighted by Crippen LogP contribution is -2.58. The average molecular weight is 677 g/mol. The Balaban J connectivity index is 1.55. The van der Waals surface area contributed by atoms with Crippen molar-refractivity contribution >= 4 is 25.4 Å². The van der Waals surface area contributed by atoms with Gasteiger partial charge in [-0.2, -0.15) is 0 Å². The summed E-state index contributed by atoms with van der Waals surface area (Å²) in [5.74, 6) is -2.51. The van der Waals surface area contributed by atoms with Crippen molar-refractivity contribution in [2.75, 3.05) is 40.5 Å². The van der Waals surface area contributed by atoms with Gasteiger partial charge in [0, 0.05) is 45.6 Å². The summed E-state index contributed by atoms with van der Waals surface area (Å²) in [6.07, 6.45) is 9.36. The highest BCUT2D eigenvalue weighted by atomic mass is 31.2. The summed E-state index contributed by atoms with van der Waals surface area (Å²) in [5, 5.41) is 19.8. The molecule has 2 aromatic rings. The molecule has 47 heavy (non-hydrogen) atoms. The fraction of sp³-hybridized carbons (Fsp3) is 0.625. The number of nitrogens with one attached hydrogen (secondary N) is 4. The van der Waals surface area contributed by atoms with Crippen molar-refractivity contribution in [3.63, 3.8) is 0 Å². The number of H-pyrrole nitrogens is 1. The van der Waals surface area contributed by atoms with Crippen LogP contribution >= 0.6 is 7.60 Å². The number of carbonyl (C=O) groups is 3. The summed E-state index contributed by atoms with van der Waals surface area (Å²) in [5.41, 5.74) is 1.60. The van der Waals surface area contributed by atoms with Crippen molar-refractivity contribution in [3.05, 3.63) is 54.1 Å². The highest BCUT2D eigenvalue weighted by molar-refractivity contribution is 7.54. The molecule has 0 spiro atoms. The Bertz CT molecular complexity index is 1300. The van der Waals surface area contributed by atoms with Crippen LogP contribution in [0.3, 0.4) is 0 Å².